The van der Waals surface area contributed by atoms with Crippen molar-refractivity contribution >= 4 is 0 Å². The largest absolute Gasteiger partial charge is 0.336 e. The summed E-state index contributed by atoms with van der Waals surface area (Å²) in [5.74, 6) is 0. The van der Waals surface area contributed by atoms with Gasteiger partial charge in [-0.1, -0.05) is 26.8 Å². The van der Waals surface area contributed by atoms with E-state index >= 15 is 0 Å². The molecule has 1 rings (SSSR count). The number of hydrogen-bond donors (Lipinski definition) is 1. The molecule has 0 amide bonds. The van der Waals surface area contributed by atoms with E-state index in [0.29, 0.717) is 12.1 Å². The van der Waals surface area contributed by atoms with Crippen LogP contribution in [0.3, 0.4) is 0 Å². The third-order valence-electron chi connectivity index (χ3n) is 3.29. The molecule has 102 valence electrons. The molecule has 1 N–H and O–H groups in total. The Morgan fingerprint density at radius 2 is 2.17 bits per heavy atom. The number of allylic oxidation sites excluding steroid dienone is 1. The van der Waals surface area contributed by atoms with Crippen molar-refractivity contribution in [1.29, 1.82) is 0 Å². The summed E-state index contributed by atoms with van der Waals surface area (Å²) in [5, 5.41) is 3.73. The highest BCUT2D eigenvalue weighted by molar-refractivity contribution is 4.86. The standard InChI is InChI=1S/C15H27N3/c1-6-7-8-13(2)17-14(15(3,4)5)11-18-10-9-16-12-18/h6,9-10,12-14,17H,1,7-8,11H2,2-5H3. The van der Waals surface area contributed by atoms with Gasteiger partial charge in [-0.25, -0.2) is 4.98 Å². The summed E-state index contributed by atoms with van der Waals surface area (Å²) in [6.07, 6.45) is 9.93. The Morgan fingerprint density at radius 1 is 1.44 bits per heavy atom. The first-order valence-corrected chi connectivity index (χ1v) is 6.76. The molecule has 0 saturated carbocycles. The van der Waals surface area contributed by atoms with Crippen molar-refractivity contribution in [3.8, 4) is 0 Å². The van der Waals surface area contributed by atoms with Crippen LogP contribution in [0.15, 0.2) is 31.4 Å². The fourth-order valence-electron chi connectivity index (χ4n) is 1.98. The highest BCUT2D eigenvalue weighted by Crippen LogP contribution is 2.21. The molecule has 0 saturated heterocycles. The molecule has 0 bridgehead atoms. The minimum atomic E-state index is 0.229. The molecule has 3 nitrogen and oxygen atoms in total. The molecular formula is C15H27N3. The van der Waals surface area contributed by atoms with Crippen molar-refractivity contribution in [3.63, 3.8) is 0 Å². The van der Waals surface area contributed by atoms with Crippen LogP contribution in [0.25, 0.3) is 0 Å². The summed E-state index contributed by atoms with van der Waals surface area (Å²) >= 11 is 0. The maximum absolute atomic E-state index is 4.11. The van der Waals surface area contributed by atoms with Crippen molar-refractivity contribution < 1.29 is 0 Å². The van der Waals surface area contributed by atoms with Gasteiger partial charge in [-0.15, -0.1) is 6.58 Å². The highest BCUT2D eigenvalue weighted by atomic mass is 15.1. The van der Waals surface area contributed by atoms with Crippen LogP contribution in [-0.2, 0) is 6.54 Å². The minimum Gasteiger partial charge on any atom is -0.336 e. The van der Waals surface area contributed by atoms with E-state index in [1.54, 1.807) is 0 Å². The summed E-state index contributed by atoms with van der Waals surface area (Å²) in [5.41, 5.74) is 0.229. The van der Waals surface area contributed by atoms with E-state index in [0.717, 1.165) is 19.4 Å². The van der Waals surface area contributed by atoms with Crippen molar-refractivity contribution in [3.05, 3.63) is 31.4 Å². The first-order chi connectivity index (χ1) is 8.43. The summed E-state index contributed by atoms with van der Waals surface area (Å²) in [6, 6.07) is 0.947. The van der Waals surface area contributed by atoms with Crippen molar-refractivity contribution in [1.82, 2.24) is 14.9 Å². The molecule has 0 aliphatic carbocycles. The van der Waals surface area contributed by atoms with Gasteiger partial charge in [0, 0.05) is 31.0 Å². The van der Waals surface area contributed by atoms with Gasteiger partial charge in [0.05, 0.1) is 6.33 Å². The zero-order chi connectivity index (χ0) is 13.6. The third kappa shape index (κ3) is 5.05. The average molecular weight is 249 g/mol. The Morgan fingerprint density at radius 3 is 2.67 bits per heavy atom. The highest BCUT2D eigenvalue weighted by Gasteiger charge is 2.25. The molecule has 0 aliphatic rings. The second-order valence-electron chi connectivity index (χ2n) is 6.11. The van der Waals surface area contributed by atoms with Crippen molar-refractivity contribution in [2.75, 3.05) is 0 Å². The smallest absolute Gasteiger partial charge is 0.0946 e. The van der Waals surface area contributed by atoms with Crippen LogP contribution >= 0.6 is 0 Å². The second kappa shape index (κ2) is 6.74. The molecule has 18 heavy (non-hydrogen) atoms. The SMILES string of the molecule is C=CCCC(C)NC(Cn1ccnc1)C(C)(C)C. The molecule has 0 aliphatic heterocycles. The first kappa shape index (κ1) is 15.0. The quantitative estimate of drug-likeness (QED) is 0.752. The predicted molar refractivity (Wildman–Crippen MR) is 77.5 cm³/mol. The predicted octanol–water partition coefficient (Wildman–Crippen LogP) is 3.24. The van der Waals surface area contributed by atoms with E-state index in [1.165, 1.54) is 0 Å². The van der Waals surface area contributed by atoms with Gasteiger partial charge in [0.2, 0.25) is 0 Å². The minimum absolute atomic E-state index is 0.229. The molecule has 3 heteroatoms. The molecule has 0 fully saturated rings. The fourth-order valence-corrected chi connectivity index (χ4v) is 1.98. The summed E-state index contributed by atoms with van der Waals surface area (Å²) in [6.45, 7) is 13.8. The molecule has 2 atom stereocenters. The fraction of sp³-hybridized carbons (Fsp3) is 0.667. The average Bonchev–Trinajstić information content (AvgIpc) is 2.77. The Bertz CT molecular complexity index is 335. The Labute approximate surface area is 111 Å². The second-order valence-corrected chi connectivity index (χ2v) is 6.11. The molecule has 1 aromatic heterocycles. The van der Waals surface area contributed by atoms with Gasteiger partial charge in [-0.05, 0) is 25.2 Å². The molecular weight excluding hydrogens is 222 g/mol. The number of nitrogens with zero attached hydrogens (tertiary/aromatic N) is 2. The molecule has 2 unspecified atom stereocenters. The van der Waals surface area contributed by atoms with Crippen molar-refractivity contribution in [2.24, 2.45) is 5.41 Å². The van der Waals surface area contributed by atoms with Crippen LogP contribution in [0.4, 0.5) is 0 Å². The number of nitrogens with one attached hydrogen (secondary N) is 1. The summed E-state index contributed by atoms with van der Waals surface area (Å²) in [4.78, 5) is 4.11. The van der Waals surface area contributed by atoms with Crippen LogP contribution < -0.4 is 5.32 Å². The number of imidazole rings is 1. The van der Waals surface area contributed by atoms with E-state index in [2.05, 4.69) is 49.1 Å². The first-order valence-electron chi connectivity index (χ1n) is 6.76. The van der Waals surface area contributed by atoms with Crippen LogP contribution in [0.2, 0.25) is 0 Å². The number of aromatic nitrogens is 2. The zero-order valence-corrected chi connectivity index (χ0v) is 12.2. The van der Waals surface area contributed by atoms with E-state index in [1.807, 2.05) is 24.8 Å². The number of rotatable bonds is 7. The maximum Gasteiger partial charge on any atom is 0.0946 e. The topological polar surface area (TPSA) is 29.9 Å². The van der Waals surface area contributed by atoms with Gasteiger partial charge >= 0.3 is 0 Å². The molecule has 1 heterocycles. The lowest BCUT2D eigenvalue weighted by Gasteiger charge is -2.34. The van der Waals surface area contributed by atoms with Gasteiger partial charge in [-0.3, -0.25) is 0 Å². The van der Waals surface area contributed by atoms with Crippen LogP contribution in [0.1, 0.15) is 40.5 Å². The normalized spacial score (nSPS) is 15.3. The lowest BCUT2D eigenvalue weighted by Crippen LogP contribution is -2.47. The molecule has 0 aromatic carbocycles. The molecule has 0 radical (unpaired) electrons. The summed E-state index contributed by atoms with van der Waals surface area (Å²) in [7, 11) is 0. The Kier molecular flexibility index (Phi) is 5.60. The van der Waals surface area contributed by atoms with Crippen LogP contribution in [0.5, 0.6) is 0 Å². The van der Waals surface area contributed by atoms with Crippen molar-refractivity contribution in [2.45, 2.75) is 59.2 Å². The van der Waals surface area contributed by atoms with Crippen LogP contribution in [0, 0.1) is 5.41 Å². The Balaban J connectivity index is 2.59. The van der Waals surface area contributed by atoms with Gasteiger partial charge in [0.25, 0.3) is 0 Å². The maximum atomic E-state index is 4.11. The zero-order valence-electron chi connectivity index (χ0n) is 12.2. The van der Waals surface area contributed by atoms with E-state index in [-0.39, 0.29) is 5.41 Å². The van der Waals surface area contributed by atoms with E-state index < -0.39 is 0 Å². The van der Waals surface area contributed by atoms with Crippen LogP contribution in [-0.4, -0.2) is 21.6 Å². The van der Waals surface area contributed by atoms with Gasteiger partial charge in [0.1, 0.15) is 0 Å². The number of hydrogen-bond acceptors (Lipinski definition) is 2. The lowest BCUT2D eigenvalue weighted by molar-refractivity contribution is 0.222. The molecule has 0 spiro atoms. The van der Waals surface area contributed by atoms with E-state index in [4.69, 9.17) is 0 Å². The van der Waals surface area contributed by atoms with E-state index in [9.17, 15) is 0 Å². The Hall–Kier alpha value is -1.09. The lowest BCUT2D eigenvalue weighted by atomic mass is 9.86. The summed E-state index contributed by atoms with van der Waals surface area (Å²) < 4.78 is 2.14. The van der Waals surface area contributed by atoms with Gasteiger partial charge in [0.15, 0.2) is 0 Å². The third-order valence-corrected chi connectivity index (χ3v) is 3.29. The molecule has 1 aromatic rings. The monoisotopic (exact) mass is 249 g/mol. The van der Waals surface area contributed by atoms with Gasteiger partial charge < -0.3 is 9.88 Å². The van der Waals surface area contributed by atoms with Gasteiger partial charge in [-0.2, -0.15) is 0 Å².